The Labute approximate surface area is 163 Å². The van der Waals surface area contributed by atoms with Crippen LogP contribution in [0, 0.1) is 11.8 Å². The van der Waals surface area contributed by atoms with Crippen LogP contribution in [0.15, 0.2) is 27.8 Å². The van der Waals surface area contributed by atoms with E-state index in [9.17, 15) is 4.79 Å². The third-order valence-corrected chi connectivity index (χ3v) is 5.35. The highest BCUT2D eigenvalue weighted by Crippen LogP contribution is 2.30. The predicted molar refractivity (Wildman–Crippen MR) is 103 cm³/mol. The SMILES string of the molecule is COc1cc(OC)cc(-c2nnc(SCC(=O)N3C[C@H](C)C[C@@H](C)C3)o2)c1. The van der Waals surface area contributed by atoms with Crippen LogP contribution in [0.3, 0.4) is 0 Å². The highest BCUT2D eigenvalue weighted by molar-refractivity contribution is 7.99. The van der Waals surface area contributed by atoms with E-state index >= 15 is 0 Å². The van der Waals surface area contributed by atoms with E-state index in [-0.39, 0.29) is 5.91 Å². The topological polar surface area (TPSA) is 77.7 Å². The first-order valence-electron chi connectivity index (χ1n) is 8.96. The number of piperidine rings is 1. The lowest BCUT2D eigenvalue weighted by Crippen LogP contribution is -2.43. The van der Waals surface area contributed by atoms with Gasteiger partial charge in [-0.1, -0.05) is 25.6 Å². The van der Waals surface area contributed by atoms with E-state index in [1.807, 2.05) is 4.90 Å². The lowest BCUT2D eigenvalue weighted by molar-refractivity contribution is -0.130. The van der Waals surface area contributed by atoms with Gasteiger partial charge in [-0.25, -0.2) is 0 Å². The summed E-state index contributed by atoms with van der Waals surface area (Å²) in [5, 5.41) is 8.50. The Morgan fingerprint density at radius 1 is 1.15 bits per heavy atom. The fraction of sp³-hybridized carbons (Fsp3) is 0.526. The molecule has 1 fully saturated rings. The summed E-state index contributed by atoms with van der Waals surface area (Å²) in [6.45, 7) is 6.02. The van der Waals surface area contributed by atoms with Crippen molar-refractivity contribution < 1.29 is 18.7 Å². The van der Waals surface area contributed by atoms with Crippen LogP contribution in [0.25, 0.3) is 11.5 Å². The molecule has 1 aliphatic rings. The molecular weight excluding hydrogens is 366 g/mol. The number of aromatic nitrogens is 2. The van der Waals surface area contributed by atoms with Gasteiger partial charge in [0.15, 0.2) is 0 Å². The van der Waals surface area contributed by atoms with Gasteiger partial charge in [0.05, 0.1) is 20.0 Å². The van der Waals surface area contributed by atoms with Gasteiger partial charge in [-0.3, -0.25) is 4.79 Å². The second-order valence-corrected chi connectivity index (χ2v) is 7.93. The lowest BCUT2D eigenvalue weighted by atomic mass is 9.92. The number of carbonyl (C=O) groups excluding carboxylic acids is 1. The predicted octanol–water partition coefficient (Wildman–Crippen LogP) is 3.35. The molecular formula is C19H25N3O4S. The minimum atomic E-state index is 0.112. The Balaban J connectivity index is 1.64. The smallest absolute Gasteiger partial charge is 0.277 e. The van der Waals surface area contributed by atoms with Gasteiger partial charge >= 0.3 is 0 Å². The van der Waals surface area contributed by atoms with E-state index in [0.717, 1.165) is 13.1 Å². The molecule has 1 amide bonds. The molecule has 0 radical (unpaired) electrons. The van der Waals surface area contributed by atoms with Crippen molar-refractivity contribution in [2.75, 3.05) is 33.1 Å². The molecule has 0 unspecified atom stereocenters. The van der Waals surface area contributed by atoms with Crippen LogP contribution < -0.4 is 9.47 Å². The molecule has 0 bridgehead atoms. The molecule has 27 heavy (non-hydrogen) atoms. The number of carbonyl (C=O) groups is 1. The minimum absolute atomic E-state index is 0.112. The molecule has 7 nitrogen and oxygen atoms in total. The maximum Gasteiger partial charge on any atom is 0.277 e. The molecule has 2 heterocycles. The van der Waals surface area contributed by atoms with E-state index in [2.05, 4.69) is 24.0 Å². The summed E-state index contributed by atoms with van der Waals surface area (Å²) in [5.41, 5.74) is 0.704. The van der Waals surface area contributed by atoms with Crippen LogP contribution in [0.1, 0.15) is 20.3 Å². The molecule has 0 N–H and O–H groups in total. The summed E-state index contributed by atoms with van der Waals surface area (Å²) >= 11 is 1.27. The highest BCUT2D eigenvalue weighted by Gasteiger charge is 2.25. The molecule has 0 saturated carbocycles. The Kier molecular flexibility index (Phi) is 6.26. The van der Waals surface area contributed by atoms with Crippen LogP contribution >= 0.6 is 11.8 Å². The van der Waals surface area contributed by atoms with Crippen molar-refractivity contribution in [1.29, 1.82) is 0 Å². The molecule has 1 aromatic carbocycles. The number of amides is 1. The van der Waals surface area contributed by atoms with Crippen LogP contribution in [0.4, 0.5) is 0 Å². The third-order valence-electron chi connectivity index (χ3n) is 4.55. The number of likely N-dealkylation sites (tertiary alicyclic amines) is 1. The molecule has 0 spiro atoms. The summed E-state index contributed by atoms with van der Waals surface area (Å²) in [4.78, 5) is 14.4. The first-order valence-corrected chi connectivity index (χ1v) is 9.94. The fourth-order valence-electron chi connectivity index (χ4n) is 3.40. The van der Waals surface area contributed by atoms with Gasteiger partial charge in [-0.05, 0) is 30.4 Å². The number of thioether (sulfide) groups is 1. The molecule has 2 atom stereocenters. The highest BCUT2D eigenvalue weighted by atomic mass is 32.2. The summed E-state index contributed by atoms with van der Waals surface area (Å²) in [5.74, 6) is 3.13. The molecule has 1 aromatic heterocycles. The molecule has 0 aliphatic carbocycles. The average Bonchev–Trinajstić information content (AvgIpc) is 3.14. The van der Waals surface area contributed by atoms with Gasteiger partial charge in [-0.2, -0.15) is 0 Å². The minimum Gasteiger partial charge on any atom is -0.497 e. The molecule has 2 aromatic rings. The van der Waals surface area contributed by atoms with Crippen LogP contribution in [-0.2, 0) is 4.79 Å². The summed E-state index contributed by atoms with van der Waals surface area (Å²) in [6, 6.07) is 5.37. The Bertz CT molecular complexity index is 763. The Morgan fingerprint density at radius 2 is 1.78 bits per heavy atom. The fourth-order valence-corrected chi connectivity index (χ4v) is 4.06. The number of ether oxygens (including phenoxy) is 2. The van der Waals surface area contributed by atoms with E-state index < -0.39 is 0 Å². The van der Waals surface area contributed by atoms with E-state index in [0.29, 0.717) is 45.8 Å². The first-order chi connectivity index (χ1) is 13.0. The second kappa shape index (κ2) is 8.65. The van der Waals surface area contributed by atoms with Crippen molar-refractivity contribution in [2.45, 2.75) is 25.5 Å². The molecule has 146 valence electrons. The largest absolute Gasteiger partial charge is 0.497 e. The van der Waals surface area contributed by atoms with Gasteiger partial charge in [0.25, 0.3) is 5.22 Å². The number of nitrogens with zero attached hydrogens (tertiary/aromatic N) is 3. The zero-order valence-electron chi connectivity index (χ0n) is 16.1. The van der Waals surface area contributed by atoms with Crippen LogP contribution in [-0.4, -0.2) is 54.1 Å². The Hall–Kier alpha value is -2.22. The molecule has 8 heteroatoms. The van der Waals surface area contributed by atoms with Crippen LogP contribution in [0.2, 0.25) is 0 Å². The maximum atomic E-state index is 12.5. The number of hydrogen-bond donors (Lipinski definition) is 0. The normalized spacial score (nSPS) is 19.8. The third kappa shape index (κ3) is 4.94. The van der Waals surface area contributed by atoms with E-state index in [1.165, 1.54) is 18.2 Å². The monoisotopic (exact) mass is 391 g/mol. The zero-order chi connectivity index (χ0) is 19.4. The summed E-state index contributed by atoms with van der Waals surface area (Å²) in [7, 11) is 3.17. The van der Waals surface area contributed by atoms with E-state index in [4.69, 9.17) is 13.9 Å². The van der Waals surface area contributed by atoms with Crippen molar-refractivity contribution in [2.24, 2.45) is 11.8 Å². The van der Waals surface area contributed by atoms with Crippen molar-refractivity contribution >= 4 is 17.7 Å². The van der Waals surface area contributed by atoms with Crippen molar-refractivity contribution in [3.8, 4) is 23.0 Å². The van der Waals surface area contributed by atoms with Crippen LogP contribution in [0.5, 0.6) is 11.5 Å². The summed E-state index contributed by atoms with van der Waals surface area (Å²) in [6.07, 6.45) is 1.17. The van der Waals surface area contributed by atoms with Crippen molar-refractivity contribution in [1.82, 2.24) is 15.1 Å². The van der Waals surface area contributed by atoms with Crippen molar-refractivity contribution in [3.63, 3.8) is 0 Å². The van der Waals surface area contributed by atoms with Gasteiger partial charge in [0.2, 0.25) is 11.8 Å². The Morgan fingerprint density at radius 3 is 2.37 bits per heavy atom. The summed E-state index contributed by atoms with van der Waals surface area (Å²) < 4.78 is 16.2. The molecule has 3 rings (SSSR count). The first kappa shape index (κ1) is 19.5. The molecule has 1 aliphatic heterocycles. The number of hydrogen-bond acceptors (Lipinski definition) is 7. The quantitative estimate of drug-likeness (QED) is 0.699. The lowest BCUT2D eigenvalue weighted by Gasteiger charge is -2.34. The standard InChI is InChI=1S/C19H25N3O4S/c1-12-5-13(2)10-22(9-12)17(23)11-27-19-21-20-18(26-19)14-6-15(24-3)8-16(7-14)25-4/h6-8,12-13H,5,9-11H2,1-4H3/t12-,13-/m1/s1. The maximum absolute atomic E-state index is 12.5. The average molecular weight is 391 g/mol. The van der Waals surface area contributed by atoms with Gasteiger partial charge in [0.1, 0.15) is 11.5 Å². The zero-order valence-corrected chi connectivity index (χ0v) is 16.9. The van der Waals surface area contributed by atoms with Gasteiger partial charge < -0.3 is 18.8 Å². The van der Waals surface area contributed by atoms with E-state index in [1.54, 1.807) is 32.4 Å². The second-order valence-electron chi connectivity index (χ2n) is 7.01. The van der Waals surface area contributed by atoms with Crippen molar-refractivity contribution in [3.05, 3.63) is 18.2 Å². The van der Waals surface area contributed by atoms with Gasteiger partial charge in [0, 0.05) is 24.7 Å². The molecule has 1 saturated heterocycles. The van der Waals surface area contributed by atoms with Gasteiger partial charge in [-0.15, -0.1) is 10.2 Å². The number of benzene rings is 1. The number of methoxy groups -OCH3 is 2. The number of rotatable bonds is 6.